The topological polar surface area (TPSA) is 26.0 Å². The van der Waals surface area contributed by atoms with Crippen molar-refractivity contribution in [2.75, 3.05) is 0 Å². The highest BCUT2D eigenvalue weighted by molar-refractivity contribution is 5.85. The van der Waals surface area contributed by atoms with E-state index >= 15 is 0 Å². The molecular weight excluding hydrogens is 194 g/mol. The maximum absolute atomic E-state index is 6.07. The Hall–Kier alpha value is -0.530. The predicted octanol–water partition coefficient (Wildman–Crippen LogP) is 3.25. The molecule has 0 heterocycles. The fourth-order valence-corrected chi connectivity index (χ4v) is 2.35. The van der Waals surface area contributed by atoms with Crippen molar-refractivity contribution in [3.63, 3.8) is 0 Å². The average Bonchev–Trinajstić information content (AvgIpc) is 2.45. The van der Waals surface area contributed by atoms with Crippen LogP contribution in [0.25, 0.3) is 0 Å². The minimum absolute atomic E-state index is 0. The van der Waals surface area contributed by atoms with Gasteiger partial charge in [-0.1, -0.05) is 38.1 Å². The molecule has 2 unspecified atom stereocenters. The van der Waals surface area contributed by atoms with E-state index in [2.05, 4.69) is 38.1 Å². The molecule has 1 aromatic rings. The van der Waals surface area contributed by atoms with E-state index in [1.54, 1.807) is 0 Å². The minimum atomic E-state index is 0. The number of fused-ring (bicyclic) bond motifs is 1. The molecule has 2 heteroatoms. The second-order valence-electron chi connectivity index (χ2n) is 4.32. The van der Waals surface area contributed by atoms with Gasteiger partial charge in [0, 0.05) is 6.04 Å². The number of rotatable bonds is 1. The van der Waals surface area contributed by atoms with Crippen LogP contribution in [0.5, 0.6) is 0 Å². The Morgan fingerprint density at radius 1 is 1.21 bits per heavy atom. The molecule has 0 amide bonds. The smallest absolute Gasteiger partial charge is 0.0303 e. The molecule has 0 fully saturated rings. The fraction of sp³-hybridized carbons (Fsp3) is 0.500. The van der Waals surface area contributed by atoms with Gasteiger partial charge in [0.15, 0.2) is 0 Å². The van der Waals surface area contributed by atoms with E-state index in [-0.39, 0.29) is 18.4 Å². The number of hydrogen-bond donors (Lipinski definition) is 1. The van der Waals surface area contributed by atoms with E-state index < -0.39 is 0 Å². The van der Waals surface area contributed by atoms with E-state index in [1.165, 1.54) is 11.1 Å². The fourth-order valence-electron chi connectivity index (χ4n) is 2.35. The average molecular weight is 212 g/mol. The minimum Gasteiger partial charge on any atom is -0.324 e. The van der Waals surface area contributed by atoms with Crippen molar-refractivity contribution in [1.29, 1.82) is 0 Å². The highest BCUT2D eigenvalue weighted by atomic mass is 35.5. The lowest BCUT2D eigenvalue weighted by molar-refractivity contribution is 0.470. The summed E-state index contributed by atoms with van der Waals surface area (Å²) in [7, 11) is 0. The zero-order chi connectivity index (χ0) is 9.42. The molecular formula is C12H18ClN. The second-order valence-corrected chi connectivity index (χ2v) is 4.32. The van der Waals surface area contributed by atoms with E-state index in [4.69, 9.17) is 5.73 Å². The van der Waals surface area contributed by atoms with Crippen molar-refractivity contribution in [3.05, 3.63) is 35.4 Å². The summed E-state index contributed by atoms with van der Waals surface area (Å²) < 4.78 is 0. The summed E-state index contributed by atoms with van der Waals surface area (Å²) in [5, 5.41) is 0. The second kappa shape index (κ2) is 4.33. The summed E-state index contributed by atoms with van der Waals surface area (Å²) in [4.78, 5) is 0. The van der Waals surface area contributed by atoms with Crippen molar-refractivity contribution in [1.82, 2.24) is 0 Å². The Labute approximate surface area is 92.1 Å². The van der Waals surface area contributed by atoms with E-state index in [9.17, 15) is 0 Å². The van der Waals surface area contributed by atoms with Crippen molar-refractivity contribution in [3.8, 4) is 0 Å². The van der Waals surface area contributed by atoms with Crippen molar-refractivity contribution in [2.45, 2.75) is 32.2 Å². The molecule has 1 aliphatic rings. The van der Waals surface area contributed by atoms with Crippen LogP contribution in [-0.4, -0.2) is 0 Å². The molecule has 1 aromatic carbocycles. The van der Waals surface area contributed by atoms with E-state index in [0.29, 0.717) is 11.8 Å². The quantitative estimate of drug-likeness (QED) is 0.759. The first-order valence-electron chi connectivity index (χ1n) is 5.04. The van der Waals surface area contributed by atoms with E-state index in [1.807, 2.05) is 0 Å². The standard InChI is InChI=1S/C12H17N.ClH/c1-8(2)11-7-12(13)10-6-4-3-5-9(10)11;/h3-6,8,11-12H,7,13H2,1-2H3;1H. The third kappa shape index (κ3) is 1.79. The van der Waals surface area contributed by atoms with Crippen molar-refractivity contribution < 1.29 is 0 Å². The van der Waals surface area contributed by atoms with Crippen molar-refractivity contribution >= 4 is 12.4 Å². The summed E-state index contributed by atoms with van der Waals surface area (Å²) in [5.74, 6) is 1.38. The van der Waals surface area contributed by atoms with Gasteiger partial charge in [-0.2, -0.15) is 0 Å². The van der Waals surface area contributed by atoms with Gasteiger partial charge in [-0.25, -0.2) is 0 Å². The highest BCUT2D eigenvalue weighted by Crippen LogP contribution is 2.42. The molecule has 0 saturated carbocycles. The molecule has 0 saturated heterocycles. The Morgan fingerprint density at radius 2 is 1.79 bits per heavy atom. The van der Waals surface area contributed by atoms with Gasteiger partial charge in [-0.15, -0.1) is 12.4 Å². The van der Waals surface area contributed by atoms with Crippen LogP contribution in [0.15, 0.2) is 24.3 Å². The predicted molar refractivity (Wildman–Crippen MR) is 62.8 cm³/mol. The molecule has 1 nitrogen and oxygen atoms in total. The first-order chi connectivity index (χ1) is 6.20. The summed E-state index contributed by atoms with van der Waals surface area (Å²) in [6, 6.07) is 8.87. The van der Waals surface area contributed by atoms with Gasteiger partial charge in [-0.3, -0.25) is 0 Å². The van der Waals surface area contributed by atoms with Crippen LogP contribution in [0.3, 0.4) is 0 Å². The normalized spacial score (nSPS) is 24.6. The van der Waals surface area contributed by atoms with Crippen LogP contribution in [-0.2, 0) is 0 Å². The Kier molecular flexibility index (Phi) is 3.57. The SMILES string of the molecule is CC(C)C1CC(N)c2ccccc21.Cl. The monoisotopic (exact) mass is 211 g/mol. The first-order valence-corrected chi connectivity index (χ1v) is 5.04. The lowest BCUT2D eigenvalue weighted by Gasteiger charge is -2.15. The molecule has 14 heavy (non-hydrogen) atoms. The Morgan fingerprint density at radius 3 is 2.36 bits per heavy atom. The summed E-state index contributed by atoms with van der Waals surface area (Å²) >= 11 is 0. The molecule has 0 aliphatic heterocycles. The Balaban J connectivity index is 0.000000980. The van der Waals surface area contributed by atoms with Crippen LogP contribution in [0.4, 0.5) is 0 Å². The van der Waals surface area contributed by atoms with Gasteiger partial charge >= 0.3 is 0 Å². The maximum atomic E-state index is 6.07. The van der Waals surface area contributed by atoms with Crippen LogP contribution in [0.2, 0.25) is 0 Å². The summed E-state index contributed by atoms with van der Waals surface area (Å²) in [5.41, 5.74) is 8.91. The highest BCUT2D eigenvalue weighted by Gasteiger charge is 2.29. The third-order valence-corrected chi connectivity index (χ3v) is 3.11. The van der Waals surface area contributed by atoms with Gasteiger partial charge in [0.05, 0.1) is 0 Å². The molecule has 1 aliphatic carbocycles. The van der Waals surface area contributed by atoms with Gasteiger partial charge in [0.1, 0.15) is 0 Å². The molecule has 2 rings (SSSR count). The van der Waals surface area contributed by atoms with Gasteiger partial charge < -0.3 is 5.73 Å². The van der Waals surface area contributed by atoms with Crippen LogP contribution in [0.1, 0.15) is 43.4 Å². The molecule has 0 bridgehead atoms. The molecule has 0 aromatic heterocycles. The van der Waals surface area contributed by atoms with Gasteiger partial charge in [-0.05, 0) is 29.4 Å². The van der Waals surface area contributed by atoms with Crippen LogP contribution < -0.4 is 5.73 Å². The number of halogens is 1. The zero-order valence-corrected chi connectivity index (χ0v) is 9.55. The Bertz CT molecular complexity index is 309. The van der Waals surface area contributed by atoms with E-state index in [0.717, 1.165) is 6.42 Å². The maximum Gasteiger partial charge on any atom is 0.0303 e. The van der Waals surface area contributed by atoms with Gasteiger partial charge in [0.2, 0.25) is 0 Å². The first kappa shape index (κ1) is 11.5. The van der Waals surface area contributed by atoms with Crippen LogP contribution in [0, 0.1) is 5.92 Å². The van der Waals surface area contributed by atoms with Gasteiger partial charge in [0.25, 0.3) is 0 Å². The molecule has 2 N–H and O–H groups in total. The molecule has 0 radical (unpaired) electrons. The van der Waals surface area contributed by atoms with Crippen molar-refractivity contribution in [2.24, 2.45) is 11.7 Å². The molecule has 0 spiro atoms. The molecule has 2 atom stereocenters. The summed E-state index contributed by atoms with van der Waals surface area (Å²) in [6.45, 7) is 4.55. The summed E-state index contributed by atoms with van der Waals surface area (Å²) in [6.07, 6.45) is 1.12. The number of hydrogen-bond acceptors (Lipinski definition) is 1. The number of nitrogens with two attached hydrogens (primary N) is 1. The molecule has 78 valence electrons. The largest absolute Gasteiger partial charge is 0.324 e. The lowest BCUT2D eigenvalue weighted by Crippen LogP contribution is -2.07. The van der Waals surface area contributed by atoms with Crippen LogP contribution >= 0.6 is 12.4 Å². The third-order valence-electron chi connectivity index (χ3n) is 3.11. The zero-order valence-electron chi connectivity index (χ0n) is 8.73. The number of benzene rings is 1. The lowest BCUT2D eigenvalue weighted by atomic mass is 9.90.